The molecule has 0 spiro atoms. The van der Waals surface area contributed by atoms with Crippen LogP contribution in [0.1, 0.15) is 37.5 Å². The van der Waals surface area contributed by atoms with Crippen LogP contribution in [-0.2, 0) is 30.5 Å². The number of halogens is 6. The number of alkyl halides is 3. The molecule has 3 rings (SSSR count). The second-order valence-electron chi connectivity index (χ2n) is 7.69. The summed E-state index contributed by atoms with van der Waals surface area (Å²) < 4.78 is 80.6. The van der Waals surface area contributed by atoms with Gasteiger partial charge in [0.1, 0.15) is 5.82 Å². The monoisotopic (exact) mass is 449 g/mol. The van der Waals surface area contributed by atoms with Crippen LogP contribution in [0.4, 0.5) is 26.3 Å². The lowest BCUT2D eigenvalue weighted by molar-refractivity contribution is -0.148. The second kappa shape index (κ2) is 8.85. The van der Waals surface area contributed by atoms with Crippen molar-refractivity contribution in [3.8, 4) is 0 Å². The Morgan fingerprint density at radius 2 is 1.77 bits per heavy atom. The summed E-state index contributed by atoms with van der Waals surface area (Å²) in [5, 5.41) is 9.80. The quantitative estimate of drug-likeness (QED) is 0.544. The zero-order valence-electron chi connectivity index (χ0n) is 16.8. The van der Waals surface area contributed by atoms with Gasteiger partial charge in [-0.05, 0) is 18.1 Å². The van der Waals surface area contributed by atoms with E-state index in [0.29, 0.717) is 6.07 Å². The lowest BCUT2D eigenvalue weighted by Gasteiger charge is -2.30. The maximum atomic E-state index is 14.0. The van der Waals surface area contributed by atoms with Gasteiger partial charge in [0.05, 0.1) is 6.54 Å². The fourth-order valence-electron chi connectivity index (χ4n) is 3.57. The highest BCUT2D eigenvalue weighted by atomic mass is 19.4. The van der Waals surface area contributed by atoms with Crippen LogP contribution in [0.2, 0.25) is 0 Å². The van der Waals surface area contributed by atoms with Gasteiger partial charge in [0.25, 0.3) is 0 Å². The molecule has 2 aromatic rings. The standard InChI is InChI=1S/C19H21F6N5O/c1-10(2)26-12(5-11-6-14(21)15(22)8-13(11)20)7-17(31)29-3-4-30-16(9-29)27-28-18(30)19(23,24)25/h6,8,10,12,26H,3-5,7,9H2,1-2H3/t12-/m1/s1. The smallest absolute Gasteiger partial charge is 0.333 e. The molecule has 1 aromatic heterocycles. The zero-order valence-corrected chi connectivity index (χ0v) is 16.8. The van der Waals surface area contributed by atoms with E-state index in [4.69, 9.17) is 0 Å². The number of nitrogens with one attached hydrogen (secondary N) is 1. The topological polar surface area (TPSA) is 63.1 Å². The summed E-state index contributed by atoms with van der Waals surface area (Å²) in [6, 6.07) is 0.517. The lowest BCUT2D eigenvalue weighted by atomic mass is 10.0. The SMILES string of the molecule is CC(C)N[C@@H](CC(=O)N1CCn2c(nnc2C(F)(F)F)C1)Cc1cc(F)c(F)cc1F. The molecule has 170 valence electrons. The van der Waals surface area contributed by atoms with Crippen LogP contribution in [0.3, 0.4) is 0 Å². The number of carbonyl (C=O) groups excluding carboxylic acids is 1. The van der Waals surface area contributed by atoms with Gasteiger partial charge in [0, 0.05) is 37.7 Å². The first kappa shape index (κ1) is 23.0. The molecule has 1 aliphatic rings. The molecular weight excluding hydrogens is 428 g/mol. The van der Waals surface area contributed by atoms with Gasteiger partial charge in [-0.1, -0.05) is 13.8 Å². The molecule has 12 heteroatoms. The van der Waals surface area contributed by atoms with Crippen LogP contribution in [0.15, 0.2) is 12.1 Å². The van der Waals surface area contributed by atoms with Gasteiger partial charge in [0.15, 0.2) is 17.5 Å². The third kappa shape index (κ3) is 5.35. The van der Waals surface area contributed by atoms with E-state index in [1.165, 1.54) is 4.90 Å². The van der Waals surface area contributed by atoms with Crippen molar-refractivity contribution < 1.29 is 31.1 Å². The summed E-state index contributed by atoms with van der Waals surface area (Å²) in [4.78, 5) is 14.1. The van der Waals surface area contributed by atoms with Crippen molar-refractivity contribution in [3.05, 3.63) is 46.8 Å². The molecule has 0 saturated heterocycles. The van der Waals surface area contributed by atoms with Crippen LogP contribution in [0, 0.1) is 17.5 Å². The van der Waals surface area contributed by atoms with E-state index < -0.39 is 35.5 Å². The van der Waals surface area contributed by atoms with E-state index in [1.54, 1.807) is 13.8 Å². The summed E-state index contributed by atoms with van der Waals surface area (Å²) in [6.45, 7) is 3.39. The Bertz CT molecular complexity index is 958. The number of amides is 1. The van der Waals surface area contributed by atoms with Crippen LogP contribution in [0.5, 0.6) is 0 Å². The predicted octanol–water partition coefficient (Wildman–Crippen LogP) is 3.06. The second-order valence-corrected chi connectivity index (χ2v) is 7.69. The summed E-state index contributed by atoms with van der Waals surface area (Å²) in [5.41, 5.74) is -0.0851. The number of carbonyl (C=O) groups is 1. The van der Waals surface area contributed by atoms with Crippen LogP contribution < -0.4 is 5.32 Å². The average molecular weight is 449 g/mol. The molecule has 2 heterocycles. The number of rotatable bonds is 6. The van der Waals surface area contributed by atoms with Crippen molar-refractivity contribution in [1.29, 1.82) is 0 Å². The average Bonchev–Trinajstić information content (AvgIpc) is 3.09. The predicted molar refractivity (Wildman–Crippen MR) is 97.1 cm³/mol. The van der Waals surface area contributed by atoms with Crippen molar-refractivity contribution in [2.45, 2.75) is 58.0 Å². The van der Waals surface area contributed by atoms with Gasteiger partial charge in [-0.3, -0.25) is 4.79 Å². The molecule has 0 unspecified atom stereocenters. The summed E-state index contributed by atoms with van der Waals surface area (Å²) >= 11 is 0. The molecule has 0 bridgehead atoms. The normalized spacial score (nSPS) is 15.3. The molecule has 0 radical (unpaired) electrons. The molecule has 6 nitrogen and oxygen atoms in total. The van der Waals surface area contributed by atoms with Gasteiger partial charge in [-0.25, -0.2) is 13.2 Å². The van der Waals surface area contributed by atoms with Crippen molar-refractivity contribution in [1.82, 2.24) is 25.0 Å². The van der Waals surface area contributed by atoms with Gasteiger partial charge in [-0.2, -0.15) is 13.2 Å². The zero-order chi connectivity index (χ0) is 22.9. The summed E-state index contributed by atoms with van der Waals surface area (Å²) in [6.07, 6.45) is -4.83. The molecule has 31 heavy (non-hydrogen) atoms. The lowest BCUT2D eigenvalue weighted by Crippen LogP contribution is -2.44. The Morgan fingerprint density at radius 3 is 2.42 bits per heavy atom. The highest BCUT2D eigenvalue weighted by molar-refractivity contribution is 5.77. The Balaban J connectivity index is 1.71. The summed E-state index contributed by atoms with van der Waals surface area (Å²) in [5.74, 6) is -4.89. The van der Waals surface area contributed by atoms with Crippen molar-refractivity contribution in [2.24, 2.45) is 0 Å². The molecule has 0 saturated carbocycles. The van der Waals surface area contributed by atoms with E-state index in [1.807, 2.05) is 0 Å². The molecule has 1 aliphatic heterocycles. The number of hydrogen-bond acceptors (Lipinski definition) is 4. The Hall–Kier alpha value is -2.63. The molecule has 0 fully saturated rings. The fraction of sp³-hybridized carbons (Fsp3) is 0.526. The van der Waals surface area contributed by atoms with Gasteiger partial charge < -0.3 is 14.8 Å². The Labute approximate surface area is 174 Å². The number of nitrogens with zero attached hydrogens (tertiary/aromatic N) is 4. The summed E-state index contributed by atoms with van der Waals surface area (Å²) in [7, 11) is 0. The van der Waals surface area contributed by atoms with Gasteiger partial charge in [-0.15, -0.1) is 10.2 Å². The minimum absolute atomic E-state index is 0.0203. The molecular formula is C19H21F6N5O. The number of aromatic nitrogens is 3. The van der Waals surface area contributed by atoms with E-state index in [9.17, 15) is 31.1 Å². The van der Waals surface area contributed by atoms with Gasteiger partial charge >= 0.3 is 6.18 Å². The number of benzene rings is 1. The highest BCUT2D eigenvalue weighted by Gasteiger charge is 2.40. The first-order valence-electron chi connectivity index (χ1n) is 9.62. The number of hydrogen-bond donors (Lipinski definition) is 1. The minimum Gasteiger partial charge on any atom is -0.333 e. The van der Waals surface area contributed by atoms with Crippen LogP contribution in [-0.4, -0.2) is 44.2 Å². The number of fused-ring (bicyclic) bond motifs is 1. The minimum atomic E-state index is -4.64. The molecule has 1 N–H and O–H groups in total. The third-order valence-electron chi connectivity index (χ3n) is 4.91. The van der Waals surface area contributed by atoms with Crippen molar-refractivity contribution in [3.63, 3.8) is 0 Å². The molecule has 1 amide bonds. The van der Waals surface area contributed by atoms with E-state index >= 15 is 0 Å². The van der Waals surface area contributed by atoms with Crippen LogP contribution >= 0.6 is 0 Å². The molecule has 1 atom stereocenters. The van der Waals surface area contributed by atoms with E-state index in [-0.39, 0.29) is 55.8 Å². The Kier molecular flexibility index (Phi) is 6.58. The largest absolute Gasteiger partial charge is 0.451 e. The van der Waals surface area contributed by atoms with Gasteiger partial charge in [0.2, 0.25) is 11.7 Å². The molecule has 0 aliphatic carbocycles. The van der Waals surface area contributed by atoms with Crippen LogP contribution in [0.25, 0.3) is 0 Å². The maximum absolute atomic E-state index is 14.0. The van der Waals surface area contributed by atoms with Crippen molar-refractivity contribution >= 4 is 5.91 Å². The van der Waals surface area contributed by atoms with E-state index in [0.717, 1.165) is 10.6 Å². The fourth-order valence-corrected chi connectivity index (χ4v) is 3.57. The Morgan fingerprint density at radius 1 is 1.10 bits per heavy atom. The third-order valence-corrected chi connectivity index (χ3v) is 4.91. The first-order chi connectivity index (χ1) is 14.5. The maximum Gasteiger partial charge on any atom is 0.451 e. The molecule has 1 aromatic carbocycles. The first-order valence-corrected chi connectivity index (χ1v) is 9.62. The highest BCUT2D eigenvalue weighted by Crippen LogP contribution is 2.29. The van der Waals surface area contributed by atoms with Crippen molar-refractivity contribution in [2.75, 3.05) is 6.54 Å². The van der Waals surface area contributed by atoms with E-state index in [2.05, 4.69) is 15.5 Å².